The molecule has 0 radical (unpaired) electrons. The van der Waals surface area contributed by atoms with Gasteiger partial charge < -0.3 is 24.0 Å². The largest absolute Gasteiger partial charge is 1.00 e. The van der Waals surface area contributed by atoms with Crippen LogP contribution in [0.15, 0.2) is 91.0 Å². The summed E-state index contributed by atoms with van der Waals surface area (Å²) in [7, 11) is -1.53. The van der Waals surface area contributed by atoms with E-state index >= 15 is 0 Å². The Morgan fingerprint density at radius 3 is 0.957 bits per heavy atom. The van der Waals surface area contributed by atoms with E-state index in [1.54, 1.807) is 0 Å². The van der Waals surface area contributed by atoms with E-state index in [1.165, 1.54) is 15.9 Å². The van der Waals surface area contributed by atoms with Gasteiger partial charge in [-0.2, -0.15) is 9.90 Å². The van der Waals surface area contributed by atoms with Crippen molar-refractivity contribution < 1.29 is 24.0 Å². The highest BCUT2D eigenvalue weighted by molar-refractivity contribution is 14.0. The lowest BCUT2D eigenvalue weighted by molar-refractivity contribution is -0.00000411. The molecule has 3 aromatic rings. The van der Waals surface area contributed by atoms with Crippen LogP contribution in [-0.2, 0) is 0 Å². The van der Waals surface area contributed by atoms with Crippen molar-refractivity contribution in [2.75, 3.05) is 6.66 Å². The molecule has 0 N–H and O–H groups in total. The van der Waals surface area contributed by atoms with Gasteiger partial charge in [-0.25, -0.2) is 0 Å². The maximum Gasteiger partial charge on any atom is 0.109 e. The van der Waals surface area contributed by atoms with Crippen LogP contribution in [0.2, 0.25) is 0 Å². The van der Waals surface area contributed by atoms with E-state index in [0.717, 1.165) is 0 Å². The van der Waals surface area contributed by atoms with Gasteiger partial charge in [0.2, 0.25) is 0 Å². The molecule has 0 spiro atoms. The van der Waals surface area contributed by atoms with Crippen molar-refractivity contribution >= 4 is 57.1 Å². The second kappa shape index (κ2) is 10.8. The molecule has 122 valence electrons. The molecule has 1 unspecified atom stereocenters. The fourth-order valence-corrected chi connectivity index (χ4v) is 5.83. The van der Waals surface area contributed by atoms with Crippen molar-refractivity contribution in [3.8, 4) is 0 Å². The lowest BCUT2D eigenvalue weighted by Crippen LogP contribution is -3.00. The van der Waals surface area contributed by atoms with Crippen LogP contribution < -0.4 is 39.9 Å². The molecule has 0 fully saturated rings. The van der Waals surface area contributed by atoms with Crippen LogP contribution in [0.5, 0.6) is 0 Å². The van der Waals surface area contributed by atoms with E-state index in [2.05, 4.69) is 97.7 Å². The maximum atomic E-state index is 2.41. The van der Waals surface area contributed by atoms with E-state index in [4.69, 9.17) is 0 Å². The number of rotatable bonds is 3. The highest BCUT2D eigenvalue weighted by Gasteiger charge is 2.39. The molecule has 0 saturated carbocycles. The average Bonchev–Trinajstić information content (AvgIpc) is 2.56. The molecule has 0 amide bonds. The standard InChI is InChI=1S/C19H18P.2HI.H3P/c1-20(17-11-5-2-6-12-17,18-13-7-3-8-14-18)19-15-9-4-10-16-19;;;/h2-16H,1H3;2*1H;1H3/q+1;;;/p-1. The third-order valence-corrected chi connectivity index (χ3v) is 7.81. The molecule has 0 aliphatic heterocycles. The zero-order valence-electron chi connectivity index (χ0n) is 13.1. The third-order valence-electron chi connectivity index (χ3n) is 3.82. The van der Waals surface area contributed by atoms with Gasteiger partial charge >= 0.3 is 0 Å². The van der Waals surface area contributed by atoms with Crippen LogP contribution in [0, 0.1) is 0 Å². The van der Waals surface area contributed by atoms with Crippen molar-refractivity contribution in [3.63, 3.8) is 0 Å². The molecule has 3 rings (SSSR count). The summed E-state index contributed by atoms with van der Waals surface area (Å²) in [5.74, 6) is 0. The van der Waals surface area contributed by atoms with Crippen molar-refractivity contribution in [1.29, 1.82) is 0 Å². The van der Waals surface area contributed by atoms with Gasteiger partial charge in [0, 0.05) is 0 Å². The fraction of sp³-hybridized carbons (Fsp3) is 0.0526. The first kappa shape index (κ1) is 23.0. The summed E-state index contributed by atoms with van der Waals surface area (Å²) in [5.41, 5.74) is 0. The molecule has 0 aliphatic rings. The van der Waals surface area contributed by atoms with Crippen LogP contribution >= 0.6 is 41.1 Å². The summed E-state index contributed by atoms with van der Waals surface area (Å²) >= 11 is 0. The molecule has 0 bridgehead atoms. The molecule has 0 aromatic heterocycles. The van der Waals surface area contributed by atoms with Gasteiger partial charge in [-0.15, -0.1) is 24.0 Å². The lowest BCUT2D eigenvalue weighted by Gasteiger charge is -2.22. The Kier molecular flexibility index (Phi) is 10.8. The Morgan fingerprint density at radius 1 is 0.522 bits per heavy atom. The molecule has 0 saturated heterocycles. The molecular formula is C19H22I2P2. The van der Waals surface area contributed by atoms with E-state index in [1.807, 2.05) is 0 Å². The second-order valence-electron chi connectivity index (χ2n) is 5.01. The third kappa shape index (κ3) is 4.98. The van der Waals surface area contributed by atoms with Crippen LogP contribution in [0.4, 0.5) is 0 Å². The summed E-state index contributed by atoms with van der Waals surface area (Å²) in [6.45, 7) is 2.41. The van der Waals surface area contributed by atoms with Crippen LogP contribution in [-0.4, -0.2) is 6.66 Å². The van der Waals surface area contributed by atoms with Crippen molar-refractivity contribution in [1.82, 2.24) is 0 Å². The van der Waals surface area contributed by atoms with Gasteiger partial charge in [-0.3, -0.25) is 0 Å². The van der Waals surface area contributed by atoms with Gasteiger partial charge in [0.15, 0.2) is 0 Å². The van der Waals surface area contributed by atoms with E-state index in [-0.39, 0.29) is 57.9 Å². The molecule has 3 aromatic carbocycles. The average molecular weight is 566 g/mol. The minimum Gasteiger partial charge on any atom is -1.00 e. The quantitative estimate of drug-likeness (QED) is 0.332. The molecule has 4 heteroatoms. The highest BCUT2D eigenvalue weighted by atomic mass is 127. The first-order valence-corrected chi connectivity index (χ1v) is 9.09. The zero-order valence-corrected chi connectivity index (χ0v) is 19.9. The van der Waals surface area contributed by atoms with Crippen molar-refractivity contribution in [2.24, 2.45) is 0 Å². The van der Waals surface area contributed by atoms with E-state index < -0.39 is 7.26 Å². The van der Waals surface area contributed by atoms with Crippen molar-refractivity contribution in [3.05, 3.63) is 91.0 Å². The lowest BCUT2D eigenvalue weighted by atomic mass is 10.4. The summed E-state index contributed by atoms with van der Waals surface area (Å²) in [6, 6.07) is 32.6. The van der Waals surface area contributed by atoms with Gasteiger partial charge in [0.25, 0.3) is 0 Å². The summed E-state index contributed by atoms with van der Waals surface area (Å²) in [4.78, 5) is 0. The molecule has 0 heterocycles. The molecular weight excluding hydrogens is 544 g/mol. The monoisotopic (exact) mass is 566 g/mol. The minimum atomic E-state index is -1.53. The SMILES string of the molecule is C[P+](c1ccccc1)(c1ccccc1)c1ccccc1.I.P.[I-]. The summed E-state index contributed by atoms with van der Waals surface area (Å²) in [5, 5.41) is 4.28. The summed E-state index contributed by atoms with van der Waals surface area (Å²) < 4.78 is 0. The molecule has 1 atom stereocenters. The Morgan fingerprint density at radius 2 is 0.739 bits per heavy atom. The summed E-state index contributed by atoms with van der Waals surface area (Å²) in [6.07, 6.45) is 0. The highest BCUT2D eigenvalue weighted by Crippen LogP contribution is 2.51. The predicted molar refractivity (Wildman–Crippen MR) is 118 cm³/mol. The second-order valence-corrected chi connectivity index (χ2v) is 8.57. The number of halogens is 2. The number of benzene rings is 3. The fourth-order valence-electron chi connectivity index (χ4n) is 2.63. The normalized spacial score (nSPS) is 9.78. The van der Waals surface area contributed by atoms with E-state index in [9.17, 15) is 0 Å². The van der Waals surface area contributed by atoms with Crippen LogP contribution in [0.3, 0.4) is 0 Å². The topological polar surface area (TPSA) is 0 Å². The van der Waals surface area contributed by atoms with Gasteiger partial charge in [-0.1, -0.05) is 54.6 Å². The number of hydrogen-bond acceptors (Lipinski definition) is 0. The molecule has 0 nitrogen and oxygen atoms in total. The first-order valence-electron chi connectivity index (χ1n) is 6.85. The minimum absolute atomic E-state index is 0. The van der Waals surface area contributed by atoms with Crippen LogP contribution in [0.25, 0.3) is 0 Å². The van der Waals surface area contributed by atoms with Gasteiger partial charge in [0.05, 0.1) is 6.66 Å². The molecule has 23 heavy (non-hydrogen) atoms. The van der Waals surface area contributed by atoms with Gasteiger partial charge in [-0.05, 0) is 36.4 Å². The Balaban J connectivity index is 0.00000161. The molecule has 0 aliphatic carbocycles. The van der Waals surface area contributed by atoms with E-state index in [0.29, 0.717) is 0 Å². The Bertz CT molecular complexity index is 577. The smallest absolute Gasteiger partial charge is 0.109 e. The van der Waals surface area contributed by atoms with Gasteiger partial charge in [0.1, 0.15) is 23.2 Å². The maximum absolute atomic E-state index is 2.41. The Labute approximate surface area is 177 Å². The Hall–Kier alpha value is -0.0200. The first-order chi connectivity index (χ1) is 9.82. The van der Waals surface area contributed by atoms with Crippen molar-refractivity contribution in [2.45, 2.75) is 0 Å². The predicted octanol–water partition coefficient (Wildman–Crippen LogP) is 1.29. The van der Waals surface area contributed by atoms with Crippen LogP contribution in [0.1, 0.15) is 0 Å². The number of hydrogen-bond donors (Lipinski definition) is 0. The zero-order chi connectivity index (χ0) is 13.8.